The molecule has 2 N–H and O–H groups in total. The van der Waals surface area contributed by atoms with Crippen molar-refractivity contribution in [2.75, 3.05) is 19.6 Å². The maximum Gasteiger partial charge on any atom is 0.231 e. The van der Waals surface area contributed by atoms with Gasteiger partial charge in [-0.15, -0.1) is 0 Å². The van der Waals surface area contributed by atoms with Crippen LogP contribution in [0.3, 0.4) is 0 Å². The van der Waals surface area contributed by atoms with Crippen molar-refractivity contribution in [3.63, 3.8) is 0 Å². The van der Waals surface area contributed by atoms with Gasteiger partial charge in [0.1, 0.15) is 0 Å². The van der Waals surface area contributed by atoms with E-state index in [1.807, 2.05) is 24.7 Å². The topological polar surface area (TPSA) is 68.3 Å². The molecule has 0 aliphatic carbocycles. The SMILES string of the molecule is CCN(CC(N)=O)CC(=O)c1ccn(C)c1. The number of carbonyl (C=O) groups excluding carboxylic acids is 2. The van der Waals surface area contributed by atoms with E-state index in [9.17, 15) is 9.59 Å². The van der Waals surface area contributed by atoms with Crippen LogP contribution in [0.4, 0.5) is 0 Å². The number of aryl methyl sites for hydroxylation is 1. The molecule has 1 aromatic rings. The number of primary amides is 1. The molecule has 88 valence electrons. The Hall–Kier alpha value is -1.62. The Bertz CT molecular complexity index is 384. The van der Waals surface area contributed by atoms with Crippen LogP contribution in [0, 0.1) is 0 Å². The Morgan fingerprint density at radius 3 is 2.56 bits per heavy atom. The van der Waals surface area contributed by atoms with E-state index in [1.54, 1.807) is 17.2 Å². The van der Waals surface area contributed by atoms with Crippen molar-refractivity contribution in [1.82, 2.24) is 9.47 Å². The van der Waals surface area contributed by atoms with Crippen LogP contribution in [0.15, 0.2) is 18.5 Å². The summed E-state index contributed by atoms with van der Waals surface area (Å²) in [5.41, 5.74) is 5.75. The summed E-state index contributed by atoms with van der Waals surface area (Å²) >= 11 is 0. The molecule has 1 amide bonds. The third-order valence-electron chi connectivity index (χ3n) is 2.35. The molecule has 0 atom stereocenters. The van der Waals surface area contributed by atoms with Crippen LogP contribution >= 0.6 is 0 Å². The molecule has 16 heavy (non-hydrogen) atoms. The minimum Gasteiger partial charge on any atom is -0.369 e. The predicted molar refractivity (Wildman–Crippen MR) is 61.1 cm³/mol. The van der Waals surface area contributed by atoms with E-state index in [-0.39, 0.29) is 18.9 Å². The summed E-state index contributed by atoms with van der Waals surface area (Å²) in [6.07, 6.45) is 3.58. The van der Waals surface area contributed by atoms with Crippen molar-refractivity contribution in [3.05, 3.63) is 24.0 Å². The Balaban J connectivity index is 2.58. The predicted octanol–water partition coefficient (Wildman–Crippen LogP) is 0.0150. The number of hydrogen-bond donors (Lipinski definition) is 1. The second kappa shape index (κ2) is 5.46. The Morgan fingerprint density at radius 1 is 1.44 bits per heavy atom. The number of hydrogen-bond acceptors (Lipinski definition) is 3. The van der Waals surface area contributed by atoms with Crippen LogP contribution in [0.5, 0.6) is 0 Å². The molecule has 0 unspecified atom stereocenters. The molecule has 0 bridgehead atoms. The molecule has 0 fully saturated rings. The Morgan fingerprint density at radius 2 is 2.12 bits per heavy atom. The van der Waals surface area contributed by atoms with Gasteiger partial charge in [0.15, 0.2) is 5.78 Å². The van der Waals surface area contributed by atoms with E-state index in [4.69, 9.17) is 5.73 Å². The third-order valence-corrected chi connectivity index (χ3v) is 2.35. The number of ketones is 1. The molecule has 0 aromatic carbocycles. The third kappa shape index (κ3) is 3.51. The molecule has 0 radical (unpaired) electrons. The van der Waals surface area contributed by atoms with E-state index < -0.39 is 5.91 Å². The van der Waals surface area contributed by atoms with Gasteiger partial charge in [0.25, 0.3) is 0 Å². The summed E-state index contributed by atoms with van der Waals surface area (Å²) in [5, 5.41) is 0. The summed E-state index contributed by atoms with van der Waals surface area (Å²) in [7, 11) is 1.86. The van der Waals surface area contributed by atoms with Crippen LogP contribution in [0.25, 0.3) is 0 Å². The molecule has 1 heterocycles. The van der Waals surface area contributed by atoms with Gasteiger partial charge in [-0.25, -0.2) is 0 Å². The molecule has 0 spiro atoms. The number of carbonyl (C=O) groups is 2. The Kier molecular flexibility index (Phi) is 4.25. The van der Waals surface area contributed by atoms with Gasteiger partial charge in [0.2, 0.25) is 5.91 Å². The minimum atomic E-state index is -0.414. The molecule has 1 aromatic heterocycles. The van der Waals surface area contributed by atoms with Crippen molar-refractivity contribution in [2.24, 2.45) is 12.8 Å². The molecule has 0 saturated heterocycles. The quantitative estimate of drug-likeness (QED) is 0.691. The van der Waals surface area contributed by atoms with Gasteiger partial charge < -0.3 is 10.3 Å². The number of nitrogens with zero attached hydrogens (tertiary/aromatic N) is 2. The van der Waals surface area contributed by atoms with Crippen molar-refractivity contribution >= 4 is 11.7 Å². The highest BCUT2D eigenvalue weighted by atomic mass is 16.1. The van der Waals surface area contributed by atoms with E-state index in [2.05, 4.69) is 0 Å². The first-order valence-electron chi connectivity index (χ1n) is 5.18. The van der Waals surface area contributed by atoms with E-state index in [1.165, 1.54) is 0 Å². The molecule has 0 aliphatic heterocycles. The first-order chi connectivity index (χ1) is 7.52. The van der Waals surface area contributed by atoms with Gasteiger partial charge in [-0.05, 0) is 12.6 Å². The monoisotopic (exact) mass is 223 g/mol. The van der Waals surface area contributed by atoms with Gasteiger partial charge in [0.05, 0.1) is 13.1 Å². The molecule has 5 nitrogen and oxygen atoms in total. The number of likely N-dealkylation sites (N-methyl/N-ethyl adjacent to an activating group) is 1. The summed E-state index contributed by atoms with van der Waals surface area (Å²) in [6.45, 7) is 2.86. The van der Waals surface area contributed by atoms with Gasteiger partial charge in [-0.1, -0.05) is 6.92 Å². The zero-order valence-electron chi connectivity index (χ0n) is 9.64. The standard InChI is InChI=1S/C11H17N3O2/c1-3-14(8-11(12)16)7-10(15)9-4-5-13(2)6-9/h4-6H,3,7-8H2,1-2H3,(H2,12,16). The highest BCUT2D eigenvalue weighted by Gasteiger charge is 2.13. The van der Waals surface area contributed by atoms with Crippen molar-refractivity contribution < 1.29 is 9.59 Å². The summed E-state index contributed by atoms with van der Waals surface area (Å²) in [4.78, 5) is 24.3. The lowest BCUT2D eigenvalue weighted by atomic mass is 10.2. The van der Waals surface area contributed by atoms with Crippen molar-refractivity contribution in [2.45, 2.75) is 6.92 Å². The minimum absolute atomic E-state index is 0.00343. The van der Waals surface area contributed by atoms with Gasteiger partial charge in [-0.2, -0.15) is 0 Å². The van der Waals surface area contributed by atoms with Crippen molar-refractivity contribution in [3.8, 4) is 0 Å². The van der Waals surface area contributed by atoms with Crippen LogP contribution < -0.4 is 5.73 Å². The molecular weight excluding hydrogens is 206 g/mol. The van der Waals surface area contributed by atoms with Crippen LogP contribution in [0.2, 0.25) is 0 Å². The Labute approximate surface area is 94.8 Å². The fourth-order valence-electron chi connectivity index (χ4n) is 1.46. The van der Waals surface area contributed by atoms with Crippen LogP contribution in [-0.4, -0.2) is 40.8 Å². The zero-order chi connectivity index (χ0) is 12.1. The van der Waals surface area contributed by atoms with E-state index in [0.29, 0.717) is 12.1 Å². The molecular formula is C11H17N3O2. The van der Waals surface area contributed by atoms with Crippen molar-refractivity contribution in [1.29, 1.82) is 0 Å². The fourth-order valence-corrected chi connectivity index (χ4v) is 1.46. The van der Waals surface area contributed by atoms with E-state index in [0.717, 1.165) is 0 Å². The molecule has 1 rings (SSSR count). The summed E-state index contributed by atoms with van der Waals surface area (Å²) < 4.78 is 1.82. The zero-order valence-corrected chi connectivity index (χ0v) is 9.64. The maximum atomic E-state index is 11.8. The molecule has 0 aliphatic rings. The molecule has 5 heteroatoms. The van der Waals surface area contributed by atoms with Crippen LogP contribution in [0.1, 0.15) is 17.3 Å². The first-order valence-corrected chi connectivity index (χ1v) is 5.18. The van der Waals surface area contributed by atoms with Gasteiger partial charge >= 0.3 is 0 Å². The maximum absolute atomic E-state index is 11.8. The van der Waals surface area contributed by atoms with Gasteiger partial charge in [-0.3, -0.25) is 14.5 Å². The summed E-state index contributed by atoms with van der Waals surface area (Å²) in [6, 6.07) is 1.76. The average molecular weight is 223 g/mol. The second-order valence-corrected chi connectivity index (χ2v) is 3.76. The number of Topliss-reactive ketones (excluding diaryl/α,β-unsaturated/α-hetero) is 1. The summed E-state index contributed by atoms with van der Waals surface area (Å²) in [5.74, 6) is -0.411. The number of amides is 1. The lowest BCUT2D eigenvalue weighted by Gasteiger charge is -2.16. The lowest BCUT2D eigenvalue weighted by molar-refractivity contribution is -0.118. The number of aromatic nitrogens is 1. The number of nitrogens with two attached hydrogens (primary N) is 1. The van der Waals surface area contributed by atoms with E-state index >= 15 is 0 Å². The first kappa shape index (κ1) is 12.4. The smallest absolute Gasteiger partial charge is 0.231 e. The average Bonchev–Trinajstić information content (AvgIpc) is 2.63. The highest BCUT2D eigenvalue weighted by Crippen LogP contribution is 2.02. The van der Waals surface area contributed by atoms with Crippen LogP contribution in [-0.2, 0) is 11.8 Å². The lowest BCUT2D eigenvalue weighted by Crippen LogP contribution is -2.37. The molecule has 0 saturated carbocycles. The second-order valence-electron chi connectivity index (χ2n) is 3.76. The fraction of sp³-hybridized carbons (Fsp3) is 0.455. The number of rotatable bonds is 6. The highest BCUT2D eigenvalue weighted by molar-refractivity contribution is 5.97. The van der Waals surface area contributed by atoms with Gasteiger partial charge in [0, 0.05) is 25.0 Å². The normalized spacial score (nSPS) is 10.7. The largest absolute Gasteiger partial charge is 0.369 e.